The second-order valence-electron chi connectivity index (χ2n) is 8.40. The van der Waals surface area contributed by atoms with Gasteiger partial charge in [-0.1, -0.05) is 0 Å². The molecule has 0 heterocycles. The average molecular weight is 539 g/mol. The molecule has 13 nitrogen and oxygen atoms in total. The Balaban J connectivity index is 1.49. The van der Waals surface area contributed by atoms with Crippen molar-refractivity contribution in [2.45, 2.75) is 6.92 Å². The molecule has 0 unspecified atom stereocenters. The van der Waals surface area contributed by atoms with Gasteiger partial charge < -0.3 is 21.7 Å². The van der Waals surface area contributed by atoms with Gasteiger partial charge in [-0.15, -0.1) is 10.2 Å². The second-order valence-corrected chi connectivity index (χ2v) is 8.40. The summed E-state index contributed by atoms with van der Waals surface area (Å²) < 4.78 is 0. The first-order valence-corrected chi connectivity index (χ1v) is 11.6. The standard InChI is InChI=1S/C27H22N8O5/c1-14-12-21(34-31-16-4-2-15(3-5-16)26(37)38)24(29)25(23(14)28)35-32-18-8-6-17(7-9-18)30-33-19-10-11-22(36)20(13-19)27(39)40/h2-13,30H,28-29H2,1H3,(H,37,38)(H,39,40). The molecule has 0 saturated carbocycles. The number of ketones is 1. The topological polar surface area (TPSA) is 218 Å². The van der Waals surface area contributed by atoms with Crippen molar-refractivity contribution in [3.63, 3.8) is 0 Å². The van der Waals surface area contributed by atoms with Crippen molar-refractivity contribution < 1.29 is 24.6 Å². The fraction of sp³-hybridized carbons (Fsp3) is 0.0370. The van der Waals surface area contributed by atoms with Gasteiger partial charge in [-0.05, 0) is 85.3 Å². The number of nitrogens with one attached hydrogen (secondary N) is 1. The second kappa shape index (κ2) is 11.6. The lowest BCUT2D eigenvalue weighted by atomic mass is 10.0. The number of aliphatic carboxylic acids is 1. The van der Waals surface area contributed by atoms with E-state index in [2.05, 4.69) is 31.0 Å². The maximum absolute atomic E-state index is 11.6. The molecule has 40 heavy (non-hydrogen) atoms. The molecule has 7 N–H and O–H groups in total. The van der Waals surface area contributed by atoms with E-state index in [1.54, 1.807) is 37.3 Å². The summed E-state index contributed by atoms with van der Waals surface area (Å²) in [5.74, 6) is -2.96. The lowest BCUT2D eigenvalue weighted by Gasteiger charge is -2.09. The molecular formula is C27H22N8O5. The van der Waals surface area contributed by atoms with Crippen molar-refractivity contribution in [1.29, 1.82) is 0 Å². The van der Waals surface area contributed by atoms with Gasteiger partial charge in [-0.3, -0.25) is 10.2 Å². The Morgan fingerprint density at radius 3 is 2.05 bits per heavy atom. The zero-order valence-corrected chi connectivity index (χ0v) is 20.9. The van der Waals surface area contributed by atoms with Crippen molar-refractivity contribution in [2.24, 2.45) is 25.6 Å². The zero-order valence-electron chi connectivity index (χ0n) is 20.9. The number of nitrogens with two attached hydrogens (primary N) is 2. The minimum Gasteiger partial charge on any atom is -0.478 e. The van der Waals surface area contributed by atoms with Crippen LogP contribution in [0, 0.1) is 6.92 Å². The van der Waals surface area contributed by atoms with E-state index in [1.807, 2.05) is 0 Å². The molecule has 0 saturated heterocycles. The molecule has 0 atom stereocenters. The third-order valence-electron chi connectivity index (χ3n) is 5.59. The van der Waals surface area contributed by atoms with Crippen LogP contribution in [-0.4, -0.2) is 33.6 Å². The van der Waals surface area contributed by atoms with E-state index in [-0.39, 0.29) is 28.2 Å². The van der Waals surface area contributed by atoms with Gasteiger partial charge in [0.1, 0.15) is 16.9 Å². The number of aryl methyl sites for hydroxylation is 1. The average Bonchev–Trinajstić information content (AvgIpc) is 2.94. The lowest BCUT2D eigenvalue weighted by Crippen LogP contribution is -2.15. The highest BCUT2D eigenvalue weighted by atomic mass is 16.4. The highest BCUT2D eigenvalue weighted by molar-refractivity contribution is 6.29. The predicted octanol–water partition coefficient (Wildman–Crippen LogP) is 5.61. The molecule has 0 aliphatic heterocycles. The fourth-order valence-electron chi connectivity index (χ4n) is 3.38. The number of carbonyl (C=O) groups excluding carboxylic acids is 1. The summed E-state index contributed by atoms with van der Waals surface area (Å²) in [6, 6.07) is 14.2. The number of carbonyl (C=O) groups is 3. The molecule has 0 amide bonds. The smallest absolute Gasteiger partial charge is 0.339 e. The number of hydrogen-bond donors (Lipinski definition) is 5. The van der Waals surface area contributed by atoms with Crippen LogP contribution in [0.15, 0.2) is 104 Å². The van der Waals surface area contributed by atoms with E-state index in [0.717, 1.165) is 6.08 Å². The molecule has 0 fully saturated rings. The van der Waals surface area contributed by atoms with Gasteiger partial charge in [-0.2, -0.15) is 15.3 Å². The van der Waals surface area contributed by atoms with Crippen molar-refractivity contribution >= 4 is 63.2 Å². The van der Waals surface area contributed by atoms with Crippen LogP contribution in [0.3, 0.4) is 0 Å². The quantitative estimate of drug-likeness (QED) is 0.0796. The first-order chi connectivity index (χ1) is 19.1. The van der Waals surface area contributed by atoms with Gasteiger partial charge in [0.25, 0.3) is 0 Å². The minimum atomic E-state index is -1.32. The molecule has 3 aromatic carbocycles. The van der Waals surface area contributed by atoms with Crippen LogP contribution in [0.5, 0.6) is 0 Å². The highest BCUT2D eigenvalue weighted by Gasteiger charge is 2.18. The van der Waals surface area contributed by atoms with Crippen LogP contribution in [-0.2, 0) is 9.59 Å². The van der Waals surface area contributed by atoms with E-state index in [0.29, 0.717) is 34.0 Å². The van der Waals surface area contributed by atoms with Gasteiger partial charge in [0.05, 0.1) is 39.7 Å². The molecule has 3 aromatic rings. The van der Waals surface area contributed by atoms with Crippen molar-refractivity contribution in [1.82, 2.24) is 0 Å². The number of carboxylic acids is 2. The van der Waals surface area contributed by atoms with Crippen LogP contribution < -0.4 is 16.9 Å². The maximum atomic E-state index is 11.6. The molecule has 0 spiro atoms. The summed E-state index contributed by atoms with van der Waals surface area (Å²) in [5.41, 5.74) is 18.5. The number of azo groups is 2. The molecule has 13 heteroatoms. The van der Waals surface area contributed by atoms with E-state index in [1.165, 1.54) is 36.4 Å². The largest absolute Gasteiger partial charge is 0.478 e. The van der Waals surface area contributed by atoms with Crippen molar-refractivity contribution in [3.05, 3.63) is 89.5 Å². The summed E-state index contributed by atoms with van der Waals surface area (Å²) in [6.07, 6.45) is 3.73. The van der Waals surface area contributed by atoms with Crippen molar-refractivity contribution in [2.75, 3.05) is 16.9 Å². The Hall–Kier alpha value is -5.98. The maximum Gasteiger partial charge on any atom is 0.339 e. The van der Waals surface area contributed by atoms with Crippen LogP contribution >= 0.6 is 0 Å². The summed E-state index contributed by atoms with van der Waals surface area (Å²) >= 11 is 0. The van der Waals surface area contributed by atoms with Crippen LogP contribution in [0.2, 0.25) is 0 Å². The zero-order chi connectivity index (χ0) is 28.8. The van der Waals surface area contributed by atoms with E-state index in [9.17, 15) is 14.4 Å². The number of nitrogen functional groups attached to an aromatic ring is 2. The third kappa shape index (κ3) is 6.28. The number of hydrazone groups is 1. The van der Waals surface area contributed by atoms with E-state index >= 15 is 0 Å². The van der Waals surface area contributed by atoms with E-state index in [4.69, 9.17) is 21.7 Å². The highest BCUT2D eigenvalue weighted by Crippen LogP contribution is 2.41. The van der Waals surface area contributed by atoms with Crippen molar-refractivity contribution in [3.8, 4) is 0 Å². The summed E-state index contributed by atoms with van der Waals surface area (Å²) in [7, 11) is 0. The Bertz CT molecular complexity index is 1650. The van der Waals surface area contributed by atoms with Gasteiger partial charge >= 0.3 is 11.9 Å². The molecule has 200 valence electrons. The van der Waals surface area contributed by atoms with Crippen LogP contribution in [0.4, 0.5) is 39.8 Å². The monoisotopic (exact) mass is 538 g/mol. The SMILES string of the molecule is Cc1cc(N=Nc2ccc(C(=O)O)cc2)c(N)c(N=Nc2ccc(NN=C3C=CC(=O)C(C(=O)O)=C3)cc2)c1N. The summed E-state index contributed by atoms with van der Waals surface area (Å²) in [6.45, 7) is 1.77. The number of rotatable bonds is 8. The van der Waals surface area contributed by atoms with E-state index < -0.39 is 17.7 Å². The van der Waals surface area contributed by atoms with Gasteiger partial charge in [-0.25, -0.2) is 9.59 Å². The first-order valence-electron chi connectivity index (χ1n) is 11.6. The molecule has 1 aliphatic rings. The Morgan fingerprint density at radius 1 is 0.800 bits per heavy atom. The number of aromatic carboxylic acids is 1. The number of anilines is 3. The molecule has 4 rings (SSSR count). The predicted molar refractivity (Wildman–Crippen MR) is 149 cm³/mol. The Kier molecular flexibility index (Phi) is 7.85. The number of hydrogen-bond acceptors (Lipinski definition) is 11. The number of carboxylic acid groups (broad SMARTS) is 2. The normalized spacial score (nSPS) is 14.2. The lowest BCUT2D eigenvalue weighted by molar-refractivity contribution is -0.134. The minimum absolute atomic E-state index is 0.132. The third-order valence-corrected chi connectivity index (χ3v) is 5.59. The number of nitrogens with zero attached hydrogens (tertiary/aromatic N) is 5. The molecule has 0 aromatic heterocycles. The first kappa shape index (κ1) is 27.1. The van der Waals surface area contributed by atoms with Gasteiger partial charge in [0.15, 0.2) is 5.78 Å². The van der Waals surface area contributed by atoms with Gasteiger partial charge in [0.2, 0.25) is 0 Å². The Morgan fingerprint density at radius 2 is 1.43 bits per heavy atom. The fourth-order valence-corrected chi connectivity index (χ4v) is 3.38. The number of benzene rings is 3. The number of allylic oxidation sites excluding steroid dienone is 3. The molecular weight excluding hydrogens is 516 g/mol. The van der Waals surface area contributed by atoms with Gasteiger partial charge in [0, 0.05) is 0 Å². The molecule has 1 aliphatic carbocycles. The Labute approximate surface area is 227 Å². The summed E-state index contributed by atoms with van der Waals surface area (Å²) in [4.78, 5) is 33.7. The van der Waals surface area contributed by atoms with Crippen LogP contribution in [0.25, 0.3) is 0 Å². The molecule has 0 radical (unpaired) electrons. The van der Waals surface area contributed by atoms with Crippen LogP contribution in [0.1, 0.15) is 15.9 Å². The summed E-state index contributed by atoms with van der Waals surface area (Å²) in [5, 5.41) is 38.9. The molecule has 0 bridgehead atoms.